The topological polar surface area (TPSA) is 72.8 Å². The summed E-state index contributed by atoms with van der Waals surface area (Å²) >= 11 is 12.5. The van der Waals surface area contributed by atoms with Gasteiger partial charge in [0.15, 0.2) is 0 Å². The van der Waals surface area contributed by atoms with Crippen LogP contribution in [0.2, 0.25) is 10.0 Å². The van der Waals surface area contributed by atoms with Crippen LogP contribution in [0.25, 0.3) is 0 Å². The summed E-state index contributed by atoms with van der Waals surface area (Å²) in [6, 6.07) is 5.03. The number of hydrogen-bond acceptors (Lipinski definition) is 5. The number of aliphatic hydroxyl groups excluding tert-OH is 1. The van der Waals surface area contributed by atoms with Gasteiger partial charge in [-0.25, -0.2) is 4.79 Å². The average Bonchev–Trinajstić information content (AvgIpc) is 3.25. The quantitative estimate of drug-likeness (QED) is 0.349. The minimum absolute atomic E-state index is 0.122. The summed E-state index contributed by atoms with van der Waals surface area (Å²) in [4.78, 5) is 24.8. The highest BCUT2D eigenvalue weighted by molar-refractivity contribution is 6.39. The third-order valence-electron chi connectivity index (χ3n) is 11.9. The van der Waals surface area contributed by atoms with Gasteiger partial charge in [0.2, 0.25) is 0 Å². The van der Waals surface area contributed by atoms with Gasteiger partial charge in [-0.15, -0.1) is 0 Å². The van der Waals surface area contributed by atoms with Crippen LogP contribution in [-0.2, 0) is 14.3 Å². The number of benzene rings is 1. The first kappa shape index (κ1) is 29.2. The molecule has 1 N–H and O–H groups in total. The lowest BCUT2D eigenvalue weighted by molar-refractivity contribution is -0.174. The average molecular weight is 580 g/mol. The Bertz CT molecular complexity index is 1070. The van der Waals surface area contributed by atoms with Crippen LogP contribution < -0.4 is 0 Å². The lowest BCUT2D eigenvalue weighted by Gasteiger charge is -2.62. The molecule has 0 unspecified atom stereocenters. The molecule has 4 fully saturated rings. The molecule has 5 rings (SSSR count). The third-order valence-corrected chi connectivity index (χ3v) is 12.5. The second-order valence-electron chi connectivity index (χ2n) is 13.5. The Morgan fingerprint density at radius 2 is 1.69 bits per heavy atom. The van der Waals surface area contributed by atoms with Crippen LogP contribution in [0.1, 0.15) is 95.3 Å². The molecule has 0 amide bonds. The molecule has 4 aliphatic rings. The van der Waals surface area contributed by atoms with Gasteiger partial charge in [-0.05, 0) is 116 Å². The summed E-state index contributed by atoms with van der Waals surface area (Å²) in [5, 5.41) is 12.3. The Hall–Kier alpha value is -1.30. The van der Waals surface area contributed by atoms with Gasteiger partial charge in [0.05, 0.1) is 28.8 Å². The smallest absolute Gasteiger partial charge is 0.341 e. The van der Waals surface area contributed by atoms with E-state index in [1.54, 1.807) is 18.2 Å². The van der Waals surface area contributed by atoms with Crippen molar-refractivity contribution < 1.29 is 24.2 Å². The van der Waals surface area contributed by atoms with Gasteiger partial charge < -0.3 is 14.6 Å². The largest absolute Gasteiger partial charge is 0.469 e. The zero-order valence-electron chi connectivity index (χ0n) is 23.8. The number of fused-ring (bicyclic) bond motifs is 5. The molecule has 0 radical (unpaired) electrons. The molecule has 39 heavy (non-hydrogen) atoms. The van der Waals surface area contributed by atoms with Crippen molar-refractivity contribution in [3.05, 3.63) is 33.8 Å². The molecule has 4 saturated carbocycles. The van der Waals surface area contributed by atoms with E-state index in [0.29, 0.717) is 52.0 Å². The first-order chi connectivity index (χ1) is 18.5. The number of rotatable bonds is 6. The molecule has 5 nitrogen and oxygen atoms in total. The molecule has 0 aliphatic heterocycles. The molecular formula is C32H44Cl2O5. The fraction of sp³-hybridized carbons (Fsp3) is 0.750. The predicted molar refractivity (Wildman–Crippen MR) is 153 cm³/mol. The summed E-state index contributed by atoms with van der Waals surface area (Å²) < 4.78 is 10.8. The van der Waals surface area contributed by atoms with Gasteiger partial charge in [-0.3, -0.25) is 4.79 Å². The van der Waals surface area contributed by atoms with E-state index < -0.39 is 5.97 Å². The number of hydrogen-bond donors (Lipinski definition) is 1. The summed E-state index contributed by atoms with van der Waals surface area (Å²) in [6.45, 7) is 7.22. The molecule has 7 heteroatoms. The van der Waals surface area contributed by atoms with Crippen molar-refractivity contribution in [2.24, 2.45) is 46.3 Å². The highest BCUT2D eigenvalue weighted by Gasteiger charge is 2.63. The first-order valence-corrected chi connectivity index (χ1v) is 15.6. The summed E-state index contributed by atoms with van der Waals surface area (Å²) in [5.41, 5.74) is 0.591. The second-order valence-corrected chi connectivity index (χ2v) is 14.3. The molecule has 10 atom stereocenters. The zero-order chi connectivity index (χ0) is 28.1. The summed E-state index contributed by atoms with van der Waals surface area (Å²) in [6.07, 6.45) is 8.90. The lowest BCUT2D eigenvalue weighted by atomic mass is 9.43. The normalized spacial score (nSPS) is 40.1. The first-order valence-electron chi connectivity index (χ1n) is 14.9. The van der Waals surface area contributed by atoms with Crippen LogP contribution in [0.15, 0.2) is 18.2 Å². The van der Waals surface area contributed by atoms with E-state index in [4.69, 9.17) is 32.7 Å². The van der Waals surface area contributed by atoms with E-state index in [1.807, 2.05) is 0 Å². The van der Waals surface area contributed by atoms with Gasteiger partial charge in [-0.2, -0.15) is 0 Å². The maximum Gasteiger partial charge on any atom is 0.341 e. The number of ether oxygens (including phenoxy) is 2. The molecule has 0 heterocycles. The fourth-order valence-corrected chi connectivity index (χ4v) is 10.4. The van der Waals surface area contributed by atoms with Crippen LogP contribution in [0.3, 0.4) is 0 Å². The van der Waals surface area contributed by atoms with Gasteiger partial charge in [0.1, 0.15) is 6.10 Å². The summed E-state index contributed by atoms with van der Waals surface area (Å²) in [5.74, 6) is 2.12. The predicted octanol–water partition coefficient (Wildman–Crippen LogP) is 7.74. The molecular weight excluding hydrogens is 535 g/mol. The van der Waals surface area contributed by atoms with Gasteiger partial charge in [-0.1, -0.05) is 50.0 Å². The fourth-order valence-electron chi connectivity index (χ4n) is 9.82. The standard InChI is InChI=1S/C32H44Cl2O5/c1-18(8-11-27(36)38-4)21-9-10-22-28-23(13-15-32(21,22)3)31(2)14-12-20(16-19(31)17-26(28)35)39-30(37)29-24(33)6-5-7-25(29)34/h5-7,18-23,26,28,35H,8-17H2,1-4H3/t18-,19+,20-,21-,22+,23+,26-,28+,31+,32-/m1/s1. The van der Waals surface area contributed by atoms with Crippen molar-refractivity contribution in [2.75, 3.05) is 7.11 Å². The molecule has 1 aromatic carbocycles. The highest BCUT2D eigenvalue weighted by Crippen LogP contribution is 2.68. The van der Waals surface area contributed by atoms with E-state index in [9.17, 15) is 14.7 Å². The van der Waals surface area contributed by atoms with Crippen molar-refractivity contribution in [3.63, 3.8) is 0 Å². The Balaban J connectivity index is 1.28. The molecule has 0 bridgehead atoms. The second kappa shape index (κ2) is 11.2. The van der Waals surface area contributed by atoms with Crippen molar-refractivity contribution >= 4 is 35.1 Å². The van der Waals surface area contributed by atoms with Crippen molar-refractivity contribution in [1.29, 1.82) is 0 Å². The Kier molecular flexibility index (Phi) is 8.37. The van der Waals surface area contributed by atoms with Gasteiger partial charge in [0, 0.05) is 6.42 Å². The zero-order valence-corrected chi connectivity index (χ0v) is 25.3. The maximum atomic E-state index is 13.0. The Labute approximate surface area is 243 Å². The van der Waals surface area contributed by atoms with E-state index in [-0.39, 0.29) is 34.6 Å². The van der Waals surface area contributed by atoms with Crippen molar-refractivity contribution in [1.82, 2.24) is 0 Å². The highest BCUT2D eigenvalue weighted by atomic mass is 35.5. The van der Waals surface area contributed by atoms with Crippen molar-refractivity contribution in [3.8, 4) is 0 Å². The van der Waals surface area contributed by atoms with E-state index >= 15 is 0 Å². The molecule has 0 saturated heterocycles. The van der Waals surface area contributed by atoms with E-state index in [0.717, 1.165) is 38.5 Å². The van der Waals surface area contributed by atoms with Crippen LogP contribution in [0.4, 0.5) is 0 Å². The van der Waals surface area contributed by atoms with E-state index in [1.165, 1.54) is 26.4 Å². The monoisotopic (exact) mass is 578 g/mol. The number of aliphatic hydroxyl groups is 1. The molecule has 4 aliphatic carbocycles. The number of halogens is 2. The third kappa shape index (κ3) is 5.14. The Morgan fingerprint density at radius 1 is 1.03 bits per heavy atom. The molecule has 1 aromatic rings. The molecule has 216 valence electrons. The van der Waals surface area contributed by atoms with Crippen LogP contribution in [0.5, 0.6) is 0 Å². The van der Waals surface area contributed by atoms with Gasteiger partial charge >= 0.3 is 11.9 Å². The van der Waals surface area contributed by atoms with Crippen LogP contribution >= 0.6 is 23.2 Å². The Morgan fingerprint density at radius 3 is 2.38 bits per heavy atom. The minimum atomic E-state index is -0.458. The van der Waals surface area contributed by atoms with Crippen LogP contribution in [-0.4, -0.2) is 36.4 Å². The number of esters is 2. The number of carbonyl (C=O) groups excluding carboxylic acids is 2. The maximum absolute atomic E-state index is 13.0. The lowest BCUT2D eigenvalue weighted by Crippen LogP contribution is -2.58. The SMILES string of the molecule is COC(=O)CC[C@@H](C)[C@H]1CC[C@H]2[C@@H]3[C@H](O)C[C@@H]4C[C@H](OC(=O)c5c(Cl)cccc5Cl)CC[C@]4(C)[C@H]3CC[C@]12C. The molecule has 0 aromatic heterocycles. The minimum Gasteiger partial charge on any atom is -0.469 e. The number of methoxy groups -OCH3 is 1. The van der Waals surface area contributed by atoms with E-state index in [2.05, 4.69) is 20.8 Å². The van der Waals surface area contributed by atoms with Crippen molar-refractivity contribution in [2.45, 2.75) is 97.2 Å². The summed E-state index contributed by atoms with van der Waals surface area (Å²) in [7, 11) is 1.46. The number of carbonyl (C=O) groups is 2. The molecule has 0 spiro atoms. The van der Waals surface area contributed by atoms with Gasteiger partial charge in [0.25, 0.3) is 0 Å². The van der Waals surface area contributed by atoms with Crippen LogP contribution in [0, 0.1) is 46.3 Å².